The van der Waals surface area contributed by atoms with E-state index in [1.165, 1.54) is 0 Å². The fraction of sp³-hybridized carbons (Fsp3) is 0.333. The molecule has 20 heavy (non-hydrogen) atoms. The Balaban J connectivity index is 2.19. The topological polar surface area (TPSA) is 40.5 Å². The molecule has 0 fully saturated rings. The van der Waals surface area contributed by atoms with E-state index in [1.54, 1.807) is 0 Å². The van der Waals surface area contributed by atoms with Gasteiger partial charge in [-0.1, -0.05) is 62.4 Å². The minimum absolute atomic E-state index is 0.383. The van der Waals surface area contributed by atoms with Crippen LogP contribution in [0.3, 0.4) is 0 Å². The van der Waals surface area contributed by atoms with Gasteiger partial charge in [0.15, 0.2) is 0 Å². The van der Waals surface area contributed by atoms with Gasteiger partial charge in [0.2, 0.25) is 0 Å². The first-order valence-corrected chi connectivity index (χ1v) is 7.22. The Hall–Kier alpha value is -1.64. The van der Waals surface area contributed by atoms with Gasteiger partial charge in [0.05, 0.1) is 12.2 Å². The highest BCUT2D eigenvalue weighted by molar-refractivity contribution is 5.64. The Morgan fingerprint density at radius 2 is 0.950 bits per heavy atom. The molecule has 0 aliphatic rings. The van der Waals surface area contributed by atoms with Crippen LogP contribution in [0.2, 0.25) is 0 Å². The molecule has 2 atom stereocenters. The summed E-state index contributed by atoms with van der Waals surface area (Å²) in [4.78, 5) is 0. The SMILES string of the molecule is CC[C@@H](O)c1ccc(-c2ccc([C@H](O)CC)cc2)cc1. The number of aliphatic hydroxyl groups is 2. The van der Waals surface area contributed by atoms with Crippen LogP contribution in [0.4, 0.5) is 0 Å². The van der Waals surface area contributed by atoms with Crippen LogP contribution >= 0.6 is 0 Å². The molecule has 2 rings (SSSR count). The maximum absolute atomic E-state index is 9.79. The van der Waals surface area contributed by atoms with Gasteiger partial charge in [-0.15, -0.1) is 0 Å². The average molecular weight is 270 g/mol. The average Bonchev–Trinajstić information content (AvgIpc) is 2.53. The van der Waals surface area contributed by atoms with Crippen LogP contribution in [-0.2, 0) is 0 Å². The lowest BCUT2D eigenvalue weighted by Gasteiger charge is -2.11. The molecule has 2 heteroatoms. The zero-order valence-electron chi connectivity index (χ0n) is 12.1. The van der Waals surface area contributed by atoms with Gasteiger partial charge in [-0.25, -0.2) is 0 Å². The van der Waals surface area contributed by atoms with E-state index in [0.29, 0.717) is 0 Å². The second-order valence-corrected chi connectivity index (χ2v) is 5.09. The van der Waals surface area contributed by atoms with Gasteiger partial charge in [-0.2, -0.15) is 0 Å². The largest absolute Gasteiger partial charge is 0.388 e. The Morgan fingerprint density at radius 3 is 1.20 bits per heavy atom. The monoisotopic (exact) mass is 270 g/mol. The molecule has 0 aliphatic carbocycles. The summed E-state index contributed by atoms with van der Waals surface area (Å²) in [6, 6.07) is 16.0. The molecule has 0 bridgehead atoms. The maximum atomic E-state index is 9.79. The number of benzene rings is 2. The molecule has 0 radical (unpaired) electrons. The van der Waals surface area contributed by atoms with Crippen molar-refractivity contribution in [3.8, 4) is 11.1 Å². The smallest absolute Gasteiger partial charge is 0.0787 e. The van der Waals surface area contributed by atoms with Gasteiger partial charge in [0, 0.05) is 0 Å². The van der Waals surface area contributed by atoms with Crippen molar-refractivity contribution in [2.75, 3.05) is 0 Å². The highest BCUT2D eigenvalue weighted by Crippen LogP contribution is 2.25. The third kappa shape index (κ3) is 3.27. The summed E-state index contributed by atoms with van der Waals surface area (Å²) in [5.41, 5.74) is 4.15. The third-order valence-electron chi connectivity index (χ3n) is 3.70. The van der Waals surface area contributed by atoms with Crippen LogP contribution in [0.25, 0.3) is 11.1 Å². The Bertz CT molecular complexity index is 477. The van der Waals surface area contributed by atoms with Crippen LogP contribution in [0.1, 0.15) is 50.0 Å². The summed E-state index contributed by atoms with van der Waals surface area (Å²) >= 11 is 0. The lowest BCUT2D eigenvalue weighted by atomic mass is 9.99. The minimum atomic E-state index is -0.383. The van der Waals surface area contributed by atoms with E-state index in [0.717, 1.165) is 35.1 Å². The van der Waals surface area contributed by atoms with E-state index >= 15 is 0 Å². The van der Waals surface area contributed by atoms with Gasteiger partial charge in [0.1, 0.15) is 0 Å². The molecule has 106 valence electrons. The van der Waals surface area contributed by atoms with E-state index < -0.39 is 0 Å². The standard InChI is InChI=1S/C18H22O2/c1-3-17(19)15-9-5-13(6-10-15)14-7-11-16(12-8-14)18(20)4-2/h5-12,17-20H,3-4H2,1-2H3/t17-,18-/m1/s1. The highest BCUT2D eigenvalue weighted by Gasteiger charge is 2.07. The molecule has 2 N–H and O–H groups in total. The quantitative estimate of drug-likeness (QED) is 0.853. The van der Waals surface area contributed by atoms with Crippen molar-refractivity contribution in [1.82, 2.24) is 0 Å². The zero-order valence-corrected chi connectivity index (χ0v) is 12.1. The molecule has 0 saturated carbocycles. The summed E-state index contributed by atoms with van der Waals surface area (Å²) < 4.78 is 0. The molecule has 0 heterocycles. The van der Waals surface area contributed by atoms with Crippen molar-refractivity contribution in [2.24, 2.45) is 0 Å². The first kappa shape index (κ1) is 14.8. The van der Waals surface area contributed by atoms with Crippen molar-refractivity contribution in [1.29, 1.82) is 0 Å². The summed E-state index contributed by atoms with van der Waals surface area (Å²) in [6.07, 6.45) is 0.684. The van der Waals surface area contributed by atoms with Crippen LogP contribution in [0, 0.1) is 0 Å². The zero-order chi connectivity index (χ0) is 14.5. The minimum Gasteiger partial charge on any atom is -0.388 e. The molecule has 0 spiro atoms. The molecule has 2 aromatic rings. The predicted molar refractivity (Wildman–Crippen MR) is 82.4 cm³/mol. The summed E-state index contributed by atoms with van der Waals surface area (Å²) in [6.45, 7) is 3.94. The molecule has 0 amide bonds. The van der Waals surface area contributed by atoms with E-state index in [2.05, 4.69) is 0 Å². The van der Waals surface area contributed by atoms with Crippen molar-refractivity contribution >= 4 is 0 Å². The fourth-order valence-corrected chi connectivity index (χ4v) is 2.27. The van der Waals surface area contributed by atoms with Crippen molar-refractivity contribution in [2.45, 2.75) is 38.9 Å². The molecular formula is C18H22O2. The number of hydrogen-bond donors (Lipinski definition) is 2. The second kappa shape index (κ2) is 6.69. The molecule has 2 aromatic carbocycles. The van der Waals surface area contributed by atoms with Crippen LogP contribution in [-0.4, -0.2) is 10.2 Å². The van der Waals surface area contributed by atoms with Gasteiger partial charge in [-0.05, 0) is 35.1 Å². The molecule has 0 unspecified atom stereocenters. The van der Waals surface area contributed by atoms with Gasteiger partial charge in [0.25, 0.3) is 0 Å². The van der Waals surface area contributed by atoms with Crippen molar-refractivity contribution in [3.63, 3.8) is 0 Å². The normalized spacial score (nSPS) is 14.0. The number of aliphatic hydroxyl groups excluding tert-OH is 2. The van der Waals surface area contributed by atoms with Gasteiger partial charge >= 0.3 is 0 Å². The second-order valence-electron chi connectivity index (χ2n) is 5.09. The molecule has 2 nitrogen and oxygen atoms in total. The first-order valence-electron chi connectivity index (χ1n) is 7.22. The summed E-state index contributed by atoms with van der Waals surface area (Å²) in [5, 5.41) is 19.6. The predicted octanol–water partition coefficient (Wildman–Crippen LogP) is 4.24. The number of rotatable bonds is 5. The number of hydrogen-bond acceptors (Lipinski definition) is 2. The molecule has 0 saturated heterocycles. The van der Waals surface area contributed by atoms with E-state index in [1.807, 2.05) is 62.4 Å². The lowest BCUT2D eigenvalue weighted by molar-refractivity contribution is 0.173. The molecule has 0 aromatic heterocycles. The van der Waals surface area contributed by atoms with Gasteiger partial charge in [-0.3, -0.25) is 0 Å². The van der Waals surface area contributed by atoms with Crippen molar-refractivity contribution in [3.05, 3.63) is 59.7 Å². The first-order chi connectivity index (χ1) is 9.65. The van der Waals surface area contributed by atoms with Gasteiger partial charge < -0.3 is 10.2 Å². The van der Waals surface area contributed by atoms with Crippen LogP contribution in [0.15, 0.2) is 48.5 Å². The Labute approximate surface area is 120 Å². The highest BCUT2D eigenvalue weighted by atomic mass is 16.3. The van der Waals surface area contributed by atoms with Crippen LogP contribution < -0.4 is 0 Å². The maximum Gasteiger partial charge on any atom is 0.0787 e. The Kier molecular flexibility index (Phi) is 4.94. The van der Waals surface area contributed by atoms with E-state index in [4.69, 9.17) is 0 Å². The molecular weight excluding hydrogens is 248 g/mol. The lowest BCUT2D eigenvalue weighted by Crippen LogP contribution is -1.95. The molecule has 0 aliphatic heterocycles. The van der Waals surface area contributed by atoms with E-state index in [9.17, 15) is 10.2 Å². The van der Waals surface area contributed by atoms with Crippen molar-refractivity contribution < 1.29 is 10.2 Å². The third-order valence-corrected chi connectivity index (χ3v) is 3.70. The fourth-order valence-electron chi connectivity index (χ4n) is 2.27. The van der Waals surface area contributed by atoms with E-state index in [-0.39, 0.29) is 12.2 Å². The summed E-state index contributed by atoms with van der Waals surface area (Å²) in [5.74, 6) is 0. The Morgan fingerprint density at radius 1 is 0.650 bits per heavy atom. The summed E-state index contributed by atoms with van der Waals surface area (Å²) in [7, 11) is 0. The van der Waals surface area contributed by atoms with Crippen LogP contribution in [0.5, 0.6) is 0 Å².